The third kappa shape index (κ3) is 6.73. The summed E-state index contributed by atoms with van der Waals surface area (Å²) in [7, 11) is 1.68. The van der Waals surface area contributed by atoms with Gasteiger partial charge in [0, 0.05) is 38.8 Å². The van der Waals surface area contributed by atoms with Gasteiger partial charge in [0.25, 0.3) is 5.91 Å². The van der Waals surface area contributed by atoms with Crippen molar-refractivity contribution in [3.63, 3.8) is 0 Å². The summed E-state index contributed by atoms with van der Waals surface area (Å²) >= 11 is 0. The Morgan fingerprint density at radius 1 is 1.09 bits per heavy atom. The molecule has 1 amide bonds. The van der Waals surface area contributed by atoms with Gasteiger partial charge in [-0.05, 0) is 70.3 Å². The minimum Gasteiger partial charge on any atom is -0.490 e. The maximum Gasteiger partial charge on any atom is 0.255 e. The van der Waals surface area contributed by atoms with Crippen LogP contribution in [0.25, 0.3) is 11.1 Å². The minimum absolute atomic E-state index is 0.0213. The van der Waals surface area contributed by atoms with E-state index in [-0.39, 0.29) is 24.1 Å². The first-order valence-electron chi connectivity index (χ1n) is 12.5. The highest BCUT2D eigenvalue weighted by atomic mass is 16.5. The molecule has 0 spiro atoms. The average molecular weight is 469 g/mol. The number of ether oxygens (including phenoxy) is 3. The van der Waals surface area contributed by atoms with E-state index >= 15 is 0 Å². The van der Waals surface area contributed by atoms with E-state index in [1.165, 1.54) is 0 Å². The van der Waals surface area contributed by atoms with Gasteiger partial charge in [0.2, 0.25) is 0 Å². The van der Waals surface area contributed by atoms with Crippen molar-refractivity contribution in [3.8, 4) is 22.6 Å². The number of piperidine rings is 1. The van der Waals surface area contributed by atoms with Crippen LogP contribution in [0, 0.1) is 0 Å². The number of methoxy groups -OCH3 is 1. The van der Waals surface area contributed by atoms with Crippen LogP contribution in [0.5, 0.6) is 11.5 Å². The summed E-state index contributed by atoms with van der Waals surface area (Å²) in [5.41, 5.74) is 2.49. The summed E-state index contributed by atoms with van der Waals surface area (Å²) in [6.07, 6.45) is 2.81. The first-order valence-corrected chi connectivity index (χ1v) is 12.5. The lowest BCUT2D eigenvalue weighted by molar-refractivity contribution is 0.0573. The first kappa shape index (κ1) is 26.0. The maximum atomic E-state index is 14.1. The van der Waals surface area contributed by atoms with Crippen LogP contribution in [0.2, 0.25) is 0 Å². The van der Waals surface area contributed by atoms with E-state index in [0.717, 1.165) is 43.5 Å². The smallest absolute Gasteiger partial charge is 0.255 e. The first-order chi connectivity index (χ1) is 16.4. The van der Waals surface area contributed by atoms with Crippen LogP contribution < -0.4 is 14.8 Å². The van der Waals surface area contributed by atoms with Gasteiger partial charge in [-0.3, -0.25) is 4.79 Å². The Balaban J connectivity index is 2.08. The molecule has 1 fully saturated rings. The topological polar surface area (TPSA) is 60.0 Å². The Hall–Kier alpha value is -2.57. The molecule has 0 bridgehead atoms. The second-order valence-corrected chi connectivity index (χ2v) is 9.38. The number of carbonyl (C=O) groups excluding carboxylic acids is 1. The molecule has 1 atom stereocenters. The lowest BCUT2D eigenvalue weighted by Crippen LogP contribution is -2.51. The molecule has 186 valence electrons. The van der Waals surface area contributed by atoms with Crippen molar-refractivity contribution in [1.82, 2.24) is 10.2 Å². The van der Waals surface area contributed by atoms with Crippen molar-refractivity contribution >= 4 is 5.91 Å². The highest BCUT2D eigenvalue weighted by Crippen LogP contribution is 2.38. The minimum atomic E-state index is -0.0213. The molecule has 1 aliphatic rings. The molecule has 2 aromatic rings. The van der Waals surface area contributed by atoms with E-state index in [9.17, 15) is 4.79 Å². The zero-order valence-electron chi connectivity index (χ0n) is 21.3. The average Bonchev–Trinajstić information content (AvgIpc) is 2.83. The van der Waals surface area contributed by atoms with Crippen molar-refractivity contribution in [1.29, 1.82) is 0 Å². The Bertz CT molecular complexity index is 908. The molecular weight excluding hydrogens is 428 g/mol. The number of hydrogen-bond donors (Lipinski definition) is 1. The van der Waals surface area contributed by atoms with E-state index in [2.05, 4.69) is 19.2 Å². The van der Waals surface area contributed by atoms with E-state index in [0.29, 0.717) is 30.3 Å². The predicted molar refractivity (Wildman–Crippen MR) is 137 cm³/mol. The molecule has 34 heavy (non-hydrogen) atoms. The van der Waals surface area contributed by atoms with Crippen LogP contribution in [0.3, 0.4) is 0 Å². The Morgan fingerprint density at radius 2 is 1.85 bits per heavy atom. The summed E-state index contributed by atoms with van der Waals surface area (Å²) in [5, 5.41) is 3.45. The van der Waals surface area contributed by atoms with Crippen LogP contribution >= 0.6 is 0 Å². The lowest BCUT2D eigenvalue weighted by Gasteiger charge is -2.38. The van der Waals surface area contributed by atoms with Gasteiger partial charge in [-0.2, -0.15) is 0 Å². The summed E-state index contributed by atoms with van der Waals surface area (Å²) in [5.74, 6) is 1.27. The van der Waals surface area contributed by atoms with E-state index in [1.807, 2.05) is 61.2 Å². The number of nitrogens with zero attached hydrogens (tertiary/aromatic N) is 1. The monoisotopic (exact) mass is 468 g/mol. The van der Waals surface area contributed by atoms with Gasteiger partial charge in [0.15, 0.2) is 11.5 Å². The van der Waals surface area contributed by atoms with E-state index in [1.54, 1.807) is 7.11 Å². The fraction of sp³-hybridized carbons (Fsp3) is 0.536. The van der Waals surface area contributed by atoms with Crippen LogP contribution in [0.15, 0.2) is 42.5 Å². The molecule has 2 aromatic carbocycles. The number of hydrogen-bond acceptors (Lipinski definition) is 5. The van der Waals surface area contributed by atoms with Crippen LogP contribution in [-0.4, -0.2) is 62.4 Å². The number of benzene rings is 2. The molecule has 1 aliphatic heterocycles. The molecule has 1 N–H and O–H groups in total. The number of rotatable bonds is 11. The summed E-state index contributed by atoms with van der Waals surface area (Å²) in [6.45, 7) is 11.1. The standard InChI is InChI=1S/C28H40N2O4/c1-20(2)30(23-13-9-14-29-19-23)28(31)25-18-26(33-16-10-15-32-5)27(34-21(3)4)17-24(25)22-11-7-6-8-12-22/h6-8,11-12,17-18,20-21,23,29H,9-10,13-16,19H2,1-5H3/t23-/m1/s1. The van der Waals surface area contributed by atoms with Gasteiger partial charge < -0.3 is 24.4 Å². The molecule has 1 heterocycles. The van der Waals surface area contributed by atoms with Gasteiger partial charge in [-0.1, -0.05) is 30.3 Å². The predicted octanol–water partition coefficient (Wildman–Crippen LogP) is 5.16. The maximum absolute atomic E-state index is 14.1. The van der Waals surface area contributed by atoms with E-state index < -0.39 is 0 Å². The second kappa shape index (κ2) is 12.8. The highest BCUT2D eigenvalue weighted by Gasteiger charge is 2.31. The summed E-state index contributed by atoms with van der Waals surface area (Å²) < 4.78 is 17.4. The molecular formula is C28H40N2O4. The fourth-order valence-electron chi connectivity index (χ4n) is 4.47. The lowest BCUT2D eigenvalue weighted by atomic mass is 9.95. The summed E-state index contributed by atoms with van der Waals surface area (Å²) in [4.78, 5) is 16.2. The third-order valence-electron chi connectivity index (χ3n) is 5.97. The largest absolute Gasteiger partial charge is 0.490 e. The Morgan fingerprint density at radius 3 is 2.47 bits per heavy atom. The molecule has 0 aliphatic carbocycles. The molecule has 1 saturated heterocycles. The van der Waals surface area contributed by atoms with E-state index in [4.69, 9.17) is 14.2 Å². The van der Waals surface area contributed by atoms with Crippen molar-refractivity contribution in [2.24, 2.45) is 0 Å². The molecule has 0 saturated carbocycles. The normalized spacial score (nSPS) is 16.0. The number of nitrogens with one attached hydrogen (secondary N) is 1. The van der Waals surface area contributed by atoms with Crippen molar-refractivity contribution < 1.29 is 19.0 Å². The summed E-state index contributed by atoms with van der Waals surface area (Å²) in [6, 6.07) is 14.1. The second-order valence-electron chi connectivity index (χ2n) is 9.38. The zero-order chi connectivity index (χ0) is 24.5. The highest BCUT2D eigenvalue weighted by molar-refractivity contribution is 6.02. The van der Waals surface area contributed by atoms with Gasteiger partial charge in [0.05, 0.1) is 18.3 Å². The van der Waals surface area contributed by atoms with Crippen molar-refractivity contribution in [3.05, 3.63) is 48.0 Å². The number of carbonyl (C=O) groups is 1. The third-order valence-corrected chi connectivity index (χ3v) is 5.97. The quantitative estimate of drug-likeness (QED) is 0.462. The fourth-order valence-corrected chi connectivity index (χ4v) is 4.47. The Labute approximate surface area is 204 Å². The SMILES string of the molecule is COCCCOc1cc(C(=O)N(C(C)C)[C@@H]2CCCNC2)c(-c2ccccc2)cc1OC(C)C. The van der Waals surface area contributed by atoms with Crippen LogP contribution in [-0.2, 0) is 4.74 Å². The van der Waals surface area contributed by atoms with Gasteiger partial charge in [-0.25, -0.2) is 0 Å². The van der Waals surface area contributed by atoms with Crippen LogP contribution in [0.4, 0.5) is 0 Å². The zero-order valence-corrected chi connectivity index (χ0v) is 21.3. The van der Waals surface area contributed by atoms with Crippen molar-refractivity contribution in [2.45, 2.75) is 65.1 Å². The molecule has 6 heteroatoms. The molecule has 0 aromatic heterocycles. The van der Waals surface area contributed by atoms with Crippen molar-refractivity contribution in [2.75, 3.05) is 33.4 Å². The van der Waals surface area contributed by atoms with Gasteiger partial charge >= 0.3 is 0 Å². The molecule has 3 rings (SSSR count). The molecule has 6 nitrogen and oxygen atoms in total. The molecule has 0 radical (unpaired) electrons. The molecule has 0 unspecified atom stereocenters. The van der Waals surface area contributed by atoms with Gasteiger partial charge in [0.1, 0.15) is 0 Å². The van der Waals surface area contributed by atoms with Gasteiger partial charge in [-0.15, -0.1) is 0 Å². The van der Waals surface area contributed by atoms with Crippen LogP contribution in [0.1, 0.15) is 57.3 Å². The number of amides is 1. The Kier molecular flexibility index (Phi) is 9.78.